The molecule has 0 aliphatic rings. The molecular weight excluding hydrogens is 478 g/mol. The minimum Gasteiger partial charge on any atom is -0.497 e. The smallest absolute Gasteiger partial charge is 0.244 e. The molecular formula is C27H39N3O5S. The molecule has 0 bridgehead atoms. The number of methoxy groups -OCH3 is 1. The fourth-order valence-corrected chi connectivity index (χ4v) is 4.46. The normalized spacial score (nSPS) is 13.1. The Morgan fingerprint density at radius 1 is 0.972 bits per heavy atom. The zero-order chi connectivity index (χ0) is 27.0. The third kappa shape index (κ3) is 7.98. The molecule has 0 aromatic heterocycles. The number of amides is 2. The van der Waals surface area contributed by atoms with Gasteiger partial charge in [0.1, 0.15) is 18.3 Å². The monoisotopic (exact) mass is 517 g/mol. The summed E-state index contributed by atoms with van der Waals surface area (Å²) < 4.78 is 31.7. The Kier molecular flexibility index (Phi) is 10.3. The Morgan fingerprint density at radius 3 is 2.03 bits per heavy atom. The second kappa shape index (κ2) is 12.8. The lowest BCUT2D eigenvalue weighted by atomic mass is 10.0. The van der Waals surface area contributed by atoms with Crippen LogP contribution < -0.4 is 14.4 Å². The molecule has 2 aromatic carbocycles. The van der Waals surface area contributed by atoms with Gasteiger partial charge in [-0.05, 0) is 61.6 Å². The standard InChI is InChI=1S/C27H39N3O5S/c1-8-20(4)28-27(32)21(5)29(17-22-9-15-25(35-6)16-10-22)26(31)18-30(36(7,33)34)24-13-11-23(12-14-24)19(2)3/h9-16,19-21H,8,17-18H2,1-7H3,(H,28,32)/t20-,21+/m1/s1. The maximum Gasteiger partial charge on any atom is 0.244 e. The largest absolute Gasteiger partial charge is 0.497 e. The predicted octanol–water partition coefficient (Wildman–Crippen LogP) is 3.92. The fraction of sp³-hybridized carbons (Fsp3) is 0.481. The van der Waals surface area contributed by atoms with Gasteiger partial charge in [-0.25, -0.2) is 8.42 Å². The topological polar surface area (TPSA) is 96.0 Å². The van der Waals surface area contributed by atoms with Gasteiger partial charge in [-0.3, -0.25) is 13.9 Å². The molecule has 0 spiro atoms. The van der Waals surface area contributed by atoms with E-state index in [0.717, 1.165) is 28.1 Å². The van der Waals surface area contributed by atoms with Crippen LogP contribution in [0.25, 0.3) is 0 Å². The van der Waals surface area contributed by atoms with E-state index < -0.39 is 28.5 Å². The number of hydrogen-bond acceptors (Lipinski definition) is 5. The molecule has 0 heterocycles. The third-order valence-corrected chi connectivity index (χ3v) is 7.35. The number of ether oxygens (including phenoxy) is 1. The number of anilines is 1. The van der Waals surface area contributed by atoms with E-state index in [2.05, 4.69) is 19.2 Å². The van der Waals surface area contributed by atoms with Gasteiger partial charge in [0, 0.05) is 12.6 Å². The van der Waals surface area contributed by atoms with E-state index in [4.69, 9.17) is 4.74 Å². The van der Waals surface area contributed by atoms with Crippen LogP contribution in [0.1, 0.15) is 58.1 Å². The lowest BCUT2D eigenvalue weighted by Gasteiger charge is -2.32. The number of hydrogen-bond donors (Lipinski definition) is 1. The summed E-state index contributed by atoms with van der Waals surface area (Å²) in [7, 11) is -2.19. The van der Waals surface area contributed by atoms with Crippen LogP contribution in [0, 0.1) is 0 Å². The van der Waals surface area contributed by atoms with Gasteiger partial charge in [0.05, 0.1) is 19.1 Å². The van der Waals surface area contributed by atoms with Gasteiger partial charge in [0.2, 0.25) is 21.8 Å². The number of sulfonamides is 1. The molecule has 0 fully saturated rings. The number of carbonyl (C=O) groups excluding carboxylic acids is 2. The van der Waals surface area contributed by atoms with Crippen molar-refractivity contribution < 1.29 is 22.7 Å². The zero-order valence-electron chi connectivity index (χ0n) is 22.3. The summed E-state index contributed by atoms with van der Waals surface area (Å²) in [5.41, 5.74) is 2.26. The Labute approximate surface area is 215 Å². The van der Waals surface area contributed by atoms with Crippen molar-refractivity contribution >= 4 is 27.5 Å². The van der Waals surface area contributed by atoms with Crippen molar-refractivity contribution in [1.82, 2.24) is 10.2 Å². The van der Waals surface area contributed by atoms with Crippen molar-refractivity contribution in [3.05, 3.63) is 59.7 Å². The van der Waals surface area contributed by atoms with E-state index in [1.807, 2.05) is 38.1 Å². The highest BCUT2D eigenvalue weighted by atomic mass is 32.2. The van der Waals surface area contributed by atoms with E-state index >= 15 is 0 Å². The molecule has 2 aromatic rings. The summed E-state index contributed by atoms with van der Waals surface area (Å²) >= 11 is 0. The third-order valence-electron chi connectivity index (χ3n) is 6.21. The van der Waals surface area contributed by atoms with Gasteiger partial charge in [0.15, 0.2) is 0 Å². The number of rotatable bonds is 12. The van der Waals surface area contributed by atoms with Gasteiger partial charge in [-0.2, -0.15) is 0 Å². The van der Waals surface area contributed by atoms with Crippen LogP contribution in [0.5, 0.6) is 5.75 Å². The highest BCUT2D eigenvalue weighted by molar-refractivity contribution is 7.92. The van der Waals surface area contributed by atoms with Gasteiger partial charge >= 0.3 is 0 Å². The number of nitrogens with zero attached hydrogens (tertiary/aromatic N) is 2. The first-order valence-electron chi connectivity index (χ1n) is 12.2. The summed E-state index contributed by atoms with van der Waals surface area (Å²) in [6.45, 7) is 9.34. The van der Waals surface area contributed by atoms with Gasteiger partial charge in [-0.1, -0.05) is 45.0 Å². The van der Waals surface area contributed by atoms with Crippen LogP contribution in [0.4, 0.5) is 5.69 Å². The quantitative estimate of drug-likeness (QED) is 0.460. The molecule has 2 rings (SSSR count). The molecule has 0 saturated carbocycles. The van der Waals surface area contributed by atoms with Crippen LogP contribution >= 0.6 is 0 Å². The highest BCUT2D eigenvalue weighted by Gasteiger charge is 2.30. The Balaban J connectivity index is 2.38. The van der Waals surface area contributed by atoms with Crippen LogP contribution in [-0.4, -0.2) is 57.1 Å². The number of nitrogens with one attached hydrogen (secondary N) is 1. The van der Waals surface area contributed by atoms with Crippen LogP contribution in [-0.2, 0) is 26.2 Å². The van der Waals surface area contributed by atoms with Crippen molar-refractivity contribution in [3.8, 4) is 5.75 Å². The molecule has 0 saturated heterocycles. The van der Waals surface area contributed by atoms with E-state index in [-0.39, 0.29) is 24.4 Å². The van der Waals surface area contributed by atoms with Crippen LogP contribution in [0.2, 0.25) is 0 Å². The van der Waals surface area contributed by atoms with E-state index in [0.29, 0.717) is 11.4 Å². The summed E-state index contributed by atoms with van der Waals surface area (Å²) in [6.07, 6.45) is 1.82. The Morgan fingerprint density at radius 2 is 1.56 bits per heavy atom. The Hall–Kier alpha value is -3.07. The molecule has 2 atom stereocenters. The lowest BCUT2D eigenvalue weighted by molar-refractivity contribution is -0.139. The van der Waals surface area contributed by atoms with Crippen LogP contribution in [0.3, 0.4) is 0 Å². The van der Waals surface area contributed by atoms with Gasteiger partial charge in [-0.15, -0.1) is 0 Å². The van der Waals surface area contributed by atoms with E-state index in [1.165, 1.54) is 4.90 Å². The average Bonchev–Trinajstić information content (AvgIpc) is 2.84. The Bertz CT molecular complexity index is 1120. The van der Waals surface area contributed by atoms with Gasteiger partial charge in [0.25, 0.3) is 0 Å². The molecule has 8 nitrogen and oxygen atoms in total. The summed E-state index contributed by atoms with van der Waals surface area (Å²) in [6, 6.07) is 13.5. The molecule has 9 heteroatoms. The molecule has 0 aliphatic heterocycles. The molecule has 198 valence electrons. The summed E-state index contributed by atoms with van der Waals surface area (Å²) in [5, 5.41) is 2.92. The minimum absolute atomic E-state index is 0.0510. The van der Waals surface area contributed by atoms with Crippen molar-refractivity contribution in [2.75, 3.05) is 24.2 Å². The minimum atomic E-state index is -3.76. The molecule has 0 unspecified atom stereocenters. The molecule has 1 N–H and O–H groups in total. The molecule has 36 heavy (non-hydrogen) atoms. The predicted molar refractivity (Wildman–Crippen MR) is 144 cm³/mol. The first kappa shape index (κ1) is 29.2. The summed E-state index contributed by atoms with van der Waals surface area (Å²) in [5.74, 6) is 0.193. The second-order valence-corrected chi connectivity index (χ2v) is 11.3. The van der Waals surface area contributed by atoms with Crippen molar-refractivity contribution in [3.63, 3.8) is 0 Å². The summed E-state index contributed by atoms with van der Waals surface area (Å²) in [4.78, 5) is 28.0. The highest BCUT2D eigenvalue weighted by Crippen LogP contribution is 2.23. The van der Waals surface area contributed by atoms with E-state index in [1.54, 1.807) is 38.3 Å². The average molecular weight is 518 g/mol. The van der Waals surface area contributed by atoms with Crippen molar-refractivity contribution in [2.24, 2.45) is 0 Å². The zero-order valence-corrected chi connectivity index (χ0v) is 23.1. The number of carbonyl (C=O) groups is 2. The van der Waals surface area contributed by atoms with Crippen molar-refractivity contribution in [2.45, 2.75) is 65.6 Å². The SMILES string of the molecule is CC[C@@H](C)NC(=O)[C@H](C)N(Cc1ccc(OC)cc1)C(=O)CN(c1ccc(C(C)C)cc1)S(C)(=O)=O. The molecule has 2 amide bonds. The first-order chi connectivity index (χ1) is 16.9. The fourth-order valence-electron chi connectivity index (χ4n) is 3.61. The van der Waals surface area contributed by atoms with Crippen LogP contribution in [0.15, 0.2) is 48.5 Å². The first-order valence-corrected chi connectivity index (χ1v) is 14.0. The van der Waals surface area contributed by atoms with Crippen molar-refractivity contribution in [1.29, 1.82) is 0 Å². The number of benzene rings is 2. The van der Waals surface area contributed by atoms with Gasteiger partial charge < -0.3 is 15.0 Å². The second-order valence-electron chi connectivity index (χ2n) is 9.38. The molecule has 0 radical (unpaired) electrons. The lowest BCUT2D eigenvalue weighted by Crippen LogP contribution is -2.52. The maximum atomic E-state index is 13.6. The van der Waals surface area contributed by atoms with E-state index in [9.17, 15) is 18.0 Å². The maximum absolute atomic E-state index is 13.6. The molecule has 0 aliphatic carbocycles.